The van der Waals surface area contributed by atoms with Crippen molar-refractivity contribution in [2.45, 2.75) is 18.9 Å². The molecule has 1 N–H and O–H groups in total. The van der Waals surface area contributed by atoms with Gasteiger partial charge in [-0.05, 0) is 35.6 Å². The van der Waals surface area contributed by atoms with Crippen molar-refractivity contribution in [3.05, 3.63) is 35.4 Å². The number of hydrogen-bond acceptors (Lipinski definition) is 2. The molecule has 5 heteroatoms. The van der Waals surface area contributed by atoms with Crippen LogP contribution >= 0.6 is 12.4 Å². The van der Waals surface area contributed by atoms with Gasteiger partial charge in [-0.15, -0.1) is 12.4 Å². The third-order valence-electron chi connectivity index (χ3n) is 4.44. The van der Waals surface area contributed by atoms with Gasteiger partial charge in [0.1, 0.15) is 0 Å². The van der Waals surface area contributed by atoms with Gasteiger partial charge in [0.05, 0.1) is 0 Å². The van der Waals surface area contributed by atoms with Crippen LogP contribution in [0.3, 0.4) is 0 Å². The minimum Gasteiger partial charge on any atom is -0.465 e. The van der Waals surface area contributed by atoms with E-state index in [2.05, 4.69) is 35.2 Å². The average molecular weight is 309 g/mol. The van der Waals surface area contributed by atoms with Crippen molar-refractivity contribution in [3.8, 4) is 0 Å². The summed E-state index contributed by atoms with van der Waals surface area (Å²) in [6.45, 7) is 2.93. The van der Waals surface area contributed by atoms with Gasteiger partial charge in [0, 0.05) is 32.7 Å². The fraction of sp³-hybridized carbons (Fsp3) is 0.438. The summed E-state index contributed by atoms with van der Waals surface area (Å²) in [4.78, 5) is 14.8. The van der Waals surface area contributed by atoms with Crippen molar-refractivity contribution in [1.29, 1.82) is 0 Å². The lowest BCUT2D eigenvalue weighted by Crippen LogP contribution is -2.45. The molecule has 1 amide bonds. The van der Waals surface area contributed by atoms with Crippen LogP contribution in [0.15, 0.2) is 24.3 Å². The second-order valence-corrected chi connectivity index (χ2v) is 5.66. The van der Waals surface area contributed by atoms with E-state index in [1.165, 1.54) is 21.6 Å². The van der Waals surface area contributed by atoms with E-state index in [1.54, 1.807) is 7.05 Å². The molecule has 0 bridgehead atoms. The third-order valence-corrected chi connectivity index (χ3v) is 4.44. The van der Waals surface area contributed by atoms with E-state index in [9.17, 15) is 4.79 Å². The Labute approximate surface area is 131 Å². The molecule has 0 radical (unpaired) electrons. The van der Waals surface area contributed by atoms with Crippen molar-refractivity contribution in [2.75, 3.05) is 26.7 Å². The quantitative estimate of drug-likeness (QED) is 0.933. The van der Waals surface area contributed by atoms with E-state index >= 15 is 0 Å². The van der Waals surface area contributed by atoms with E-state index < -0.39 is 6.09 Å². The molecule has 1 fully saturated rings. The molecule has 0 atom stereocenters. The molecule has 1 saturated heterocycles. The van der Waals surface area contributed by atoms with Crippen LogP contribution in [0.1, 0.15) is 24.0 Å². The number of amides is 1. The molecule has 1 heterocycles. The molecular weight excluding hydrogens is 288 g/mol. The lowest BCUT2D eigenvalue weighted by Gasteiger charge is -2.36. The zero-order valence-electron chi connectivity index (χ0n) is 12.2. The number of rotatable bonds is 3. The monoisotopic (exact) mass is 308 g/mol. The Kier molecular flexibility index (Phi) is 4.91. The Morgan fingerprint density at radius 2 is 2.00 bits per heavy atom. The van der Waals surface area contributed by atoms with Crippen LogP contribution in [-0.4, -0.2) is 53.7 Å². The van der Waals surface area contributed by atoms with Gasteiger partial charge in [-0.3, -0.25) is 4.90 Å². The molecule has 0 aromatic heterocycles. The number of carboxylic acid groups (broad SMARTS) is 1. The molecule has 1 aromatic rings. The van der Waals surface area contributed by atoms with Gasteiger partial charge >= 0.3 is 6.09 Å². The smallest absolute Gasteiger partial charge is 0.407 e. The normalized spacial score (nSPS) is 18.0. The first kappa shape index (κ1) is 15.9. The molecule has 1 aliphatic heterocycles. The first-order valence-corrected chi connectivity index (χ1v) is 7.13. The Morgan fingerprint density at radius 1 is 1.33 bits per heavy atom. The van der Waals surface area contributed by atoms with Crippen molar-refractivity contribution in [3.63, 3.8) is 0 Å². The van der Waals surface area contributed by atoms with Gasteiger partial charge in [0.25, 0.3) is 0 Å². The predicted molar refractivity (Wildman–Crippen MR) is 86.8 cm³/mol. The number of carbonyl (C=O) groups is 1. The van der Waals surface area contributed by atoms with E-state index in [1.807, 2.05) is 0 Å². The third kappa shape index (κ3) is 3.22. The van der Waals surface area contributed by atoms with Gasteiger partial charge in [-0.1, -0.05) is 24.3 Å². The molecule has 0 unspecified atom stereocenters. The van der Waals surface area contributed by atoms with Gasteiger partial charge in [-0.2, -0.15) is 0 Å². The van der Waals surface area contributed by atoms with Crippen molar-refractivity contribution < 1.29 is 9.90 Å². The lowest BCUT2D eigenvalue weighted by atomic mass is 9.88. The first-order chi connectivity index (χ1) is 9.65. The van der Waals surface area contributed by atoms with E-state index in [0.717, 1.165) is 32.5 Å². The lowest BCUT2D eigenvalue weighted by molar-refractivity contribution is 0.109. The first-order valence-electron chi connectivity index (χ1n) is 7.13. The summed E-state index contributed by atoms with van der Waals surface area (Å²) in [6, 6.07) is 8.65. The summed E-state index contributed by atoms with van der Waals surface area (Å²) in [5.41, 5.74) is 4.12. The fourth-order valence-electron chi connectivity index (χ4n) is 3.10. The summed E-state index contributed by atoms with van der Waals surface area (Å²) in [6.07, 6.45) is 3.29. The highest BCUT2D eigenvalue weighted by Gasteiger charge is 2.26. The molecule has 1 aromatic carbocycles. The molecule has 4 nitrogen and oxygen atoms in total. The molecule has 0 spiro atoms. The van der Waals surface area contributed by atoms with Gasteiger partial charge in [0.2, 0.25) is 0 Å². The SMILES string of the molecule is CN(C(=O)O)C1CCN(CC2=Cc3ccccc32)CC1.Cl. The second kappa shape index (κ2) is 6.50. The van der Waals surface area contributed by atoms with Crippen LogP contribution in [0.4, 0.5) is 4.79 Å². The average Bonchev–Trinajstić information content (AvgIpc) is 2.44. The van der Waals surface area contributed by atoms with Crippen LogP contribution in [0.5, 0.6) is 0 Å². The highest BCUT2D eigenvalue weighted by molar-refractivity contribution is 5.96. The van der Waals surface area contributed by atoms with Gasteiger partial charge < -0.3 is 10.0 Å². The highest BCUT2D eigenvalue weighted by Crippen LogP contribution is 2.33. The zero-order chi connectivity index (χ0) is 14.1. The minimum absolute atomic E-state index is 0. The van der Waals surface area contributed by atoms with Crippen molar-refractivity contribution in [2.24, 2.45) is 0 Å². The van der Waals surface area contributed by atoms with Crippen LogP contribution in [-0.2, 0) is 0 Å². The van der Waals surface area contributed by atoms with E-state index in [-0.39, 0.29) is 18.4 Å². The summed E-state index contributed by atoms with van der Waals surface area (Å²) in [7, 11) is 1.67. The summed E-state index contributed by atoms with van der Waals surface area (Å²) in [5, 5.41) is 9.01. The predicted octanol–water partition coefficient (Wildman–Crippen LogP) is 3.04. The maximum Gasteiger partial charge on any atom is 0.407 e. The van der Waals surface area contributed by atoms with Crippen LogP contribution in [0.25, 0.3) is 11.6 Å². The van der Waals surface area contributed by atoms with Crippen LogP contribution < -0.4 is 0 Å². The molecule has 1 aliphatic carbocycles. The van der Waals surface area contributed by atoms with Crippen LogP contribution in [0.2, 0.25) is 0 Å². The number of benzene rings is 1. The molecule has 21 heavy (non-hydrogen) atoms. The summed E-state index contributed by atoms with van der Waals surface area (Å²) in [5.74, 6) is 0. The Morgan fingerprint density at radius 3 is 2.62 bits per heavy atom. The Balaban J connectivity index is 0.00000161. The van der Waals surface area contributed by atoms with Crippen molar-refractivity contribution in [1.82, 2.24) is 9.80 Å². The molecular formula is C16H21ClN2O2. The van der Waals surface area contributed by atoms with E-state index in [0.29, 0.717) is 0 Å². The fourth-order valence-corrected chi connectivity index (χ4v) is 3.10. The number of piperidine rings is 1. The Bertz CT molecular complexity index is 551. The number of fused-ring (bicyclic) bond motifs is 1. The van der Waals surface area contributed by atoms with E-state index in [4.69, 9.17) is 5.11 Å². The molecule has 0 saturated carbocycles. The largest absolute Gasteiger partial charge is 0.465 e. The topological polar surface area (TPSA) is 43.8 Å². The number of halogens is 1. The highest BCUT2D eigenvalue weighted by atomic mass is 35.5. The van der Waals surface area contributed by atoms with Gasteiger partial charge in [-0.25, -0.2) is 4.79 Å². The molecule has 2 aliphatic rings. The zero-order valence-corrected chi connectivity index (χ0v) is 13.0. The standard InChI is InChI=1S/C16H20N2O2.ClH/c1-17(16(19)20)14-6-8-18(9-7-14)11-13-10-12-4-2-3-5-15(12)13;/h2-5,10,14H,6-9,11H2,1H3,(H,19,20);1H. The second-order valence-electron chi connectivity index (χ2n) is 5.66. The summed E-state index contributed by atoms with van der Waals surface area (Å²) >= 11 is 0. The molecule has 3 rings (SSSR count). The number of nitrogens with zero attached hydrogens (tertiary/aromatic N) is 2. The minimum atomic E-state index is -0.820. The summed E-state index contributed by atoms with van der Waals surface area (Å²) < 4.78 is 0. The molecule has 114 valence electrons. The van der Waals surface area contributed by atoms with Gasteiger partial charge in [0.15, 0.2) is 0 Å². The van der Waals surface area contributed by atoms with Crippen molar-refractivity contribution >= 4 is 30.1 Å². The number of likely N-dealkylation sites (tertiary alicyclic amines) is 1. The Hall–Kier alpha value is -1.52. The number of hydrogen-bond donors (Lipinski definition) is 1. The maximum absolute atomic E-state index is 11.0. The maximum atomic E-state index is 11.0. The van der Waals surface area contributed by atoms with Crippen LogP contribution in [0, 0.1) is 0 Å².